The predicted molar refractivity (Wildman–Crippen MR) is 91.7 cm³/mol. The maximum Gasteiger partial charge on any atom is 0.280 e. The predicted octanol–water partition coefficient (Wildman–Crippen LogP) is 2.64. The van der Waals surface area contributed by atoms with Crippen molar-refractivity contribution in [3.8, 4) is 5.75 Å². The number of H-pyrrole nitrogens is 1. The van der Waals surface area contributed by atoms with Gasteiger partial charge in [0.25, 0.3) is 5.56 Å². The highest BCUT2D eigenvalue weighted by molar-refractivity contribution is 7.71. The van der Waals surface area contributed by atoms with Crippen molar-refractivity contribution in [2.75, 3.05) is 7.11 Å². The molecule has 0 bridgehead atoms. The van der Waals surface area contributed by atoms with E-state index in [-0.39, 0.29) is 5.56 Å². The van der Waals surface area contributed by atoms with Gasteiger partial charge in [-0.05, 0) is 43.8 Å². The average Bonchev–Trinajstić information content (AvgIpc) is 2.88. The summed E-state index contributed by atoms with van der Waals surface area (Å²) in [6, 6.07) is 7.58. The normalized spacial score (nSPS) is 11.1. The van der Waals surface area contributed by atoms with E-state index in [4.69, 9.17) is 17.0 Å². The summed E-state index contributed by atoms with van der Waals surface area (Å²) < 4.78 is 8.82. The Kier molecular flexibility index (Phi) is 4.04. The number of rotatable bonds is 4. The first kappa shape index (κ1) is 15.5. The molecule has 23 heavy (non-hydrogen) atoms. The van der Waals surface area contributed by atoms with Crippen molar-refractivity contribution < 1.29 is 4.74 Å². The highest BCUT2D eigenvalue weighted by Crippen LogP contribution is 2.14. The zero-order chi connectivity index (χ0) is 16.6. The van der Waals surface area contributed by atoms with Crippen molar-refractivity contribution in [2.45, 2.75) is 26.9 Å². The lowest BCUT2D eigenvalue weighted by atomic mass is 10.2. The van der Waals surface area contributed by atoms with Gasteiger partial charge in [-0.2, -0.15) is 5.10 Å². The Morgan fingerprint density at radius 1 is 1.30 bits per heavy atom. The second-order valence-corrected chi connectivity index (χ2v) is 5.68. The van der Waals surface area contributed by atoms with Gasteiger partial charge in [0.15, 0.2) is 10.3 Å². The molecule has 120 valence electrons. The van der Waals surface area contributed by atoms with Gasteiger partial charge in [-0.3, -0.25) is 14.0 Å². The molecule has 3 aromatic rings. The quantitative estimate of drug-likeness (QED) is 0.747. The summed E-state index contributed by atoms with van der Waals surface area (Å²) >= 11 is 5.37. The molecule has 0 amide bonds. The van der Waals surface area contributed by atoms with Gasteiger partial charge in [0.1, 0.15) is 5.75 Å². The van der Waals surface area contributed by atoms with Crippen molar-refractivity contribution in [1.82, 2.24) is 19.3 Å². The van der Waals surface area contributed by atoms with E-state index in [0.29, 0.717) is 28.9 Å². The van der Waals surface area contributed by atoms with E-state index in [2.05, 4.69) is 10.1 Å². The van der Waals surface area contributed by atoms with Crippen molar-refractivity contribution in [3.05, 3.63) is 50.6 Å². The molecule has 1 aromatic carbocycles. The Bertz CT molecular complexity index is 967. The topological polar surface area (TPSA) is 64.8 Å². The van der Waals surface area contributed by atoms with Crippen LogP contribution in [0.3, 0.4) is 0 Å². The maximum absolute atomic E-state index is 12.9. The number of nitrogens with zero attached hydrogens (tertiary/aromatic N) is 3. The van der Waals surface area contributed by atoms with Gasteiger partial charge in [-0.15, -0.1) is 0 Å². The Labute approximate surface area is 138 Å². The van der Waals surface area contributed by atoms with Crippen molar-refractivity contribution >= 4 is 23.3 Å². The van der Waals surface area contributed by atoms with Crippen molar-refractivity contribution in [1.29, 1.82) is 0 Å². The molecule has 0 radical (unpaired) electrons. The van der Waals surface area contributed by atoms with E-state index in [1.54, 1.807) is 16.4 Å². The summed E-state index contributed by atoms with van der Waals surface area (Å²) in [4.78, 5) is 16.0. The van der Waals surface area contributed by atoms with Crippen LogP contribution < -0.4 is 10.3 Å². The van der Waals surface area contributed by atoms with Crippen molar-refractivity contribution in [3.63, 3.8) is 0 Å². The minimum Gasteiger partial charge on any atom is -0.497 e. The monoisotopic (exact) mass is 330 g/mol. The fourth-order valence-electron chi connectivity index (χ4n) is 2.63. The van der Waals surface area contributed by atoms with Crippen LogP contribution in [-0.4, -0.2) is 26.4 Å². The molecular formula is C16H18N4O2S. The molecule has 2 aromatic heterocycles. The summed E-state index contributed by atoms with van der Waals surface area (Å²) in [6.07, 6.45) is 0. The second kappa shape index (κ2) is 6.00. The summed E-state index contributed by atoms with van der Waals surface area (Å²) in [5.74, 6) is 0.779. The Morgan fingerprint density at radius 3 is 2.61 bits per heavy atom. The van der Waals surface area contributed by atoms with Gasteiger partial charge in [0.05, 0.1) is 24.9 Å². The third kappa shape index (κ3) is 2.68. The van der Waals surface area contributed by atoms with Gasteiger partial charge in [0.2, 0.25) is 0 Å². The van der Waals surface area contributed by atoms with E-state index in [9.17, 15) is 4.79 Å². The van der Waals surface area contributed by atoms with Crippen LogP contribution in [0, 0.1) is 11.7 Å². The number of aryl methyl sites for hydroxylation is 2. The Balaban J connectivity index is 2.13. The molecule has 0 aliphatic heterocycles. The highest BCUT2D eigenvalue weighted by Gasteiger charge is 2.14. The van der Waals surface area contributed by atoms with Gasteiger partial charge in [-0.1, -0.05) is 12.1 Å². The Hall–Kier alpha value is -2.41. The van der Waals surface area contributed by atoms with Crippen LogP contribution in [0.5, 0.6) is 5.75 Å². The molecular weight excluding hydrogens is 312 g/mol. The van der Waals surface area contributed by atoms with Crippen LogP contribution in [-0.2, 0) is 13.1 Å². The molecule has 0 aliphatic rings. The van der Waals surface area contributed by atoms with Crippen LogP contribution in [0.1, 0.15) is 18.2 Å². The summed E-state index contributed by atoms with van der Waals surface area (Å²) in [5, 5.41) is 4.39. The fourth-order valence-corrected chi connectivity index (χ4v) is 2.88. The molecule has 3 rings (SSSR count). The lowest BCUT2D eigenvalue weighted by Crippen LogP contribution is -2.24. The molecule has 0 saturated heterocycles. The fraction of sp³-hybridized carbons (Fsp3) is 0.312. The third-order valence-corrected chi connectivity index (χ3v) is 4.17. The lowest BCUT2D eigenvalue weighted by molar-refractivity contribution is 0.414. The first-order valence-corrected chi connectivity index (χ1v) is 7.79. The number of hydrogen-bond donors (Lipinski definition) is 1. The van der Waals surface area contributed by atoms with Crippen LogP contribution >= 0.6 is 12.2 Å². The minimum absolute atomic E-state index is 0.123. The van der Waals surface area contributed by atoms with Gasteiger partial charge >= 0.3 is 0 Å². The maximum atomic E-state index is 12.9. The van der Waals surface area contributed by atoms with Crippen LogP contribution in [0.4, 0.5) is 0 Å². The summed E-state index contributed by atoms with van der Waals surface area (Å²) in [7, 11) is 1.62. The molecule has 1 N–H and O–H groups in total. The van der Waals surface area contributed by atoms with Crippen LogP contribution in [0.2, 0.25) is 0 Å². The number of aromatic amines is 1. The van der Waals surface area contributed by atoms with Crippen molar-refractivity contribution in [2.24, 2.45) is 0 Å². The molecule has 2 heterocycles. The average molecular weight is 330 g/mol. The van der Waals surface area contributed by atoms with Gasteiger partial charge in [0, 0.05) is 6.54 Å². The molecule has 7 heteroatoms. The highest BCUT2D eigenvalue weighted by atomic mass is 32.1. The standard InChI is InChI=1S/C16H18N4O2S/c1-4-20-14-13(10(2)18-20)17-16(23)19(15(14)21)9-11-5-7-12(22-3)8-6-11/h5-8H,4,9H2,1-3H3,(H,17,23). The SMILES string of the molecule is CCn1nc(C)c2[nH]c(=S)n(Cc3ccc(OC)cc3)c(=O)c21. The van der Waals surface area contributed by atoms with Crippen LogP contribution in [0.25, 0.3) is 11.0 Å². The lowest BCUT2D eigenvalue weighted by Gasteiger charge is -2.08. The molecule has 0 atom stereocenters. The molecule has 0 saturated carbocycles. The molecule has 0 spiro atoms. The van der Waals surface area contributed by atoms with Gasteiger partial charge < -0.3 is 9.72 Å². The van der Waals surface area contributed by atoms with E-state index in [1.165, 1.54) is 0 Å². The number of aromatic nitrogens is 4. The largest absolute Gasteiger partial charge is 0.497 e. The number of methoxy groups -OCH3 is 1. The number of benzene rings is 1. The smallest absolute Gasteiger partial charge is 0.280 e. The molecule has 0 aliphatic carbocycles. The number of nitrogens with one attached hydrogen (secondary N) is 1. The summed E-state index contributed by atoms with van der Waals surface area (Å²) in [6.45, 7) is 4.86. The first-order chi connectivity index (χ1) is 11.0. The molecule has 0 fully saturated rings. The number of fused-ring (bicyclic) bond motifs is 1. The zero-order valence-electron chi connectivity index (χ0n) is 13.3. The first-order valence-electron chi connectivity index (χ1n) is 7.38. The number of ether oxygens (including phenoxy) is 1. The zero-order valence-corrected chi connectivity index (χ0v) is 14.1. The molecule has 6 nitrogen and oxygen atoms in total. The van der Waals surface area contributed by atoms with E-state index < -0.39 is 0 Å². The van der Waals surface area contributed by atoms with Crippen LogP contribution in [0.15, 0.2) is 29.1 Å². The second-order valence-electron chi connectivity index (χ2n) is 5.29. The minimum atomic E-state index is -0.123. The van der Waals surface area contributed by atoms with Gasteiger partial charge in [-0.25, -0.2) is 0 Å². The third-order valence-electron chi connectivity index (χ3n) is 3.85. The van der Waals surface area contributed by atoms with E-state index >= 15 is 0 Å². The summed E-state index contributed by atoms with van der Waals surface area (Å²) in [5.41, 5.74) is 2.91. The Morgan fingerprint density at radius 2 is 2.00 bits per heavy atom. The van der Waals surface area contributed by atoms with E-state index in [1.807, 2.05) is 38.1 Å². The number of hydrogen-bond acceptors (Lipinski definition) is 4. The molecule has 0 unspecified atom stereocenters. The van der Waals surface area contributed by atoms with E-state index in [0.717, 1.165) is 17.0 Å².